The Morgan fingerprint density at radius 1 is 1.15 bits per heavy atom. The summed E-state index contributed by atoms with van der Waals surface area (Å²) >= 11 is 5.83. The normalized spacial score (nSPS) is 21.5. The highest BCUT2D eigenvalue weighted by atomic mass is 35.5. The van der Waals surface area contributed by atoms with Crippen molar-refractivity contribution in [2.75, 3.05) is 11.4 Å². The van der Waals surface area contributed by atoms with Crippen LogP contribution in [-0.2, 0) is 4.79 Å². The van der Waals surface area contributed by atoms with E-state index in [9.17, 15) is 31.5 Å². The van der Waals surface area contributed by atoms with Crippen molar-refractivity contribution in [2.45, 2.75) is 82.0 Å². The van der Waals surface area contributed by atoms with Crippen LogP contribution >= 0.6 is 11.6 Å². The molecule has 2 fully saturated rings. The topological polar surface area (TPSA) is 104 Å². The van der Waals surface area contributed by atoms with Crippen LogP contribution in [0.3, 0.4) is 0 Å². The number of aliphatic hydroxyl groups excluding tert-OH is 1. The molecule has 0 saturated carbocycles. The summed E-state index contributed by atoms with van der Waals surface area (Å²) < 4.78 is 70.0. The van der Waals surface area contributed by atoms with Crippen LogP contribution in [0.2, 0.25) is 5.02 Å². The number of aromatic nitrogens is 1. The lowest BCUT2D eigenvalue weighted by Crippen LogP contribution is -2.55. The summed E-state index contributed by atoms with van der Waals surface area (Å²) in [5.41, 5.74) is -1.79. The number of hydrogen-bond donors (Lipinski definition) is 3. The smallest absolute Gasteiger partial charge is 0.416 e. The number of piperidine rings is 1. The number of anilines is 1. The third-order valence-electron chi connectivity index (χ3n) is 7.30. The molecule has 3 N–H and O–H groups in total. The molecule has 0 aliphatic carbocycles. The number of halogens is 6. The van der Waals surface area contributed by atoms with Crippen molar-refractivity contribution >= 4 is 29.2 Å². The summed E-state index contributed by atoms with van der Waals surface area (Å²) in [4.78, 5) is 31.8. The maximum atomic E-state index is 13.5. The number of hydrogen-bond acceptors (Lipinski definition) is 6. The molecule has 1 aromatic carbocycles. The van der Waals surface area contributed by atoms with Gasteiger partial charge in [-0.3, -0.25) is 9.59 Å². The maximum Gasteiger partial charge on any atom is 0.416 e. The Morgan fingerprint density at radius 3 is 2.37 bits per heavy atom. The number of carbonyl (C=O) groups is 2. The Labute approximate surface area is 238 Å². The lowest BCUT2D eigenvalue weighted by atomic mass is 9.96. The molecule has 2 unspecified atom stereocenters. The number of nitrogens with zero attached hydrogens (tertiary/aromatic N) is 2. The van der Waals surface area contributed by atoms with Crippen molar-refractivity contribution < 1.29 is 41.4 Å². The predicted molar refractivity (Wildman–Crippen MR) is 140 cm³/mol. The van der Waals surface area contributed by atoms with Crippen LogP contribution in [0.5, 0.6) is 5.75 Å². The number of carbonyl (C=O) groups excluding carboxylic acids is 2. The van der Waals surface area contributed by atoms with Gasteiger partial charge in [0.15, 0.2) is 11.7 Å². The predicted octanol–water partition coefficient (Wildman–Crippen LogP) is 4.80. The summed E-state index contributed by atoms with van der Waals surface area (Å²) in [5.74, 6) is -0.769. The first kappa shape index (κ1) is 30.8. The fourth-order valence-electron chi connectivity index (χ4n) is 5.21. The van der Waals surface area contributed by atoms with Crippen molar-refractivity contribution in [1.29, 1.82) is 0 Å². The highest BCUT2D eigenvalue weighted by molar-refractivity contribution is 6.30. The zero-order valence-corrected chi connectivity index (χ0v) is 23.0. The zero-order valence-electron chi connectivity index (χ0n) is 22.2. The molecule has 8 nitrogen and oxygen atoms in total. The van der Waals surface area contributed by atoms with E-state index in [1.807, 2.05) is 5.32 Å². The molecule has 4 rings (SSSR count). The maximum absolute atomic E-state index is 13.5. The first-order valence-electron chi connectivity index (χ1n) is 13.0. The second-order valence-corrected chi connectivity index (χ2v) is 11.1. The molecule has 2 aliphatic heterocycles. The van der Waals surface area contributed by atoms with E-state index >= 15 is 0 Å². The molecule has 1 aromatic heterocycles. The number of aliphatic hydroxyl groups is 1. The van der Waals surface area contributed by atoms with Crippen molar-refractivity contribution in [3.05, 3.63) is 52.7 Å². The van der Waals surface area contributed by atoms with Crippen LogP contribution < -0.4 is 20.3 Å². The molecule has 41 heavy (non-hydrogen) atoms. The number of amides is 2. The van der Waals surface area contributed by atoms with Crippen molar-refractivity contribution in [3.63, 3.8) is 0 Å². The molecule has 0 spiro atoms. The zero-order chi connectivity index (χ0) is 30.1. The lowest BCUT2D eigenvalue weighted by molar-refractivity contribution is -0.201. The van der Waals surface area contributed by atoms with E-state index in [2.05, 4.69) is 15.2 Å². The van der Waals surface area contributed by atoms with Crippen LogP contribution in [-0.4, -0.2) is 64.5 Å². The highest BCUT2D eigenvalue weighted by Crippen LogP contribution is 2.39. The van der Waals surface area contributed by atoms with Crippen molar-refractivity contribution in [3.8, 4) is 5.75 Å². The summed E-state index contributed by atoms with van der Waals surface area (Å²) in [6, 6.07) is 6.79. The van der Waals surface area contributed by atoms with E-state index in [0.29, 0.717) is 18.7 Å². The summed E-state index contributed by atoms with van der Waals surface area (Å²) in [6.45, 7) is 2.03. The molecule has 224 valence electrons. The molecule has 14 heteroatoms. The number of rotatable bonds is 9. The fourth-order valence-corrected chi connectivity index (χ4v) is 5.39. The third-order valence-corrected chi connectivity index (χ3v) is 7.53. The Hall–Kier alpha value is -3.19. The highest BCUT2D eigenvalue weighted by Gasteiger charge is 2.43. The molecular formula is C27H30ClF5N4O4. The molecule has 2 amide bonds. The van der Waals surface area contributed by atoms with Gasteiger partial charge in [0, 0.05) is 29.3 Å². The molecule has 2 aliphatic rings. The monoisotopic (exact) mass is 604 g/mol. The van der Waals surface area contributed by atoms with Gasteiger partial charge in [0.2, 0.25) is 0 Å². The van der Waals surface area contributed by atoms with Crippen LogP contribution in [0.4, 0.5) is 27.8 Å². The first-order chi connectivity index (χ1) is 19.2. The van der Waals surface area contributed by atoms with Gasteiger partial charge in [0.25, 0.3) is 18.2 Å². The summed E-state index contributed by atoms with van der Waals surface area (Å²) in [5, 5.41) is 14.2. The summed E-state index contributed by atoms with van der Waals surface area (Å²) in [6.07, 6.45) is -6.18. The van der Waals surface area contributed by atoms with E-state index in [1.54, 1.807) is 6.07 Å². The molecule has 4 atom stereocenters. The number of fused-ring (bicyclic) bond motifs is 2. The minimum Gasteiger partial charge on any atom is -0.478 e. The lowest BCUT2D eigenvalue weighted by Gasteiger charge is -2.41. The SMILES string of the molecule is CC(C)(Oc1ccc(Cl)cc1C(F)F)C(=O)NC1C[C@H]2CC[C@@H](C1)N2c1ccc(C(=O)NCC(O)C(F)(F)F)cn1. The van der Waals surface area contributed by atoms with E-state index in [4.69, 9.17) is 21.4 Å². The molecule has 2 saturated heterocycles. The fraction of sp³-hybridized carbons (Fsp3) is 0.519. The Balaban J connectivity index is 1.35. The second-order valence-electron chi connectivity index (χ2n) is 10.7. The van der Waals surface area contributed by atoms with E-state index in [0.717, 1.165) is 18.9 Å². The molecule has 2 bridgehead atoms. The van der Waals surface area contributed by atoms with Gasteiger partial charge in [-0.2, -0.15) is 13.2 Å². The minimum atomic E-state index is -4.84. The van der Waals surface area contributed by atoms with Crippen LogP contribution in [0.25, 0.3) is 0 Å². The number of benzene rings is 1. The van der Waals surface area contributed by atoms with Crippen molar-refractivity contribution in [1.82, 2.24) is 15.6 Å². The van der Waals surface area contributed by atoms with Gasteiger partial charge in [0.1, 0.15) is 11.6 Å². The average Bonchev–Trinajstić information content (AvgIpc) is 3.17. The molecule has 3 heterocycles. The van der Waals surface area contributed by atoms with Gasteiger partial charge in [-0.15, -0.1) is 0 Å². The number of ether oxygens (including phenoxy) is 1. The van der Waals surface area contributed by atoms with Crippen LogP contribution in [0.15, 0.2) is 36.5 Å². The Bertz CT molecular complexity index is 1250. The third kappa shape index (κ3) is 7.18. The van der Waals surface area contributed by atoms with Gasteiger partial charge in [-0.1, -0.05) is 11.6 Å². The van der Waals surface area contributed by atoms with E-state index in [1.165, 1.54) is 38.2 Å². The van der Waals surface area contributed by atoms with Gasteiger partial charge < -0.3 is 25.4 Å². The standard InChI is InChI=1S/C27H30ClF5N4O4/c1-26(2,41-20-7-4-15(28)9-19(20)23(29)30)25(40)36-16-10-17-5-6-18(11-16)37(17)22-8-3-14(12-34-22)24(39)35-13-21(38)27(31,32)33/h3-4,7-9,12,16-18,21,23,38H,5-6,10-11,13H2,1-2H3,(H,35,39)(H,36,40)/t16?,17-,18+,21?. The van der Waals surface area contributed by atoms with Crippen LogP contribution in [0, 0.1) is 0 Å². The van der Waals surface area contributed by atoms with Gasteiger partial charge in [0.05, 0.1) is 17.7 Å². The van der Waals surface area contributed by atoms with E-state index < -0.39 is 48.2 Å². The van der Waals surface area contributed by atoms with Crippen LogP contribution in [0.1, 0.15) is 61.9 Å². The second kappa shape index (κ2) is 12.0. The minimum absolute atomic E-state index is 0.0406. The first-order valence-corrected chi connectivity index (χ1v) is 13.4. The Kier molecular flexibility index (Phi) is 8.98. The van der Waals surface area contributed by atoms with Gasteiger partial charge in [-0.05, 0) is 69.9 Å². The molecule has 0 radical (unpaired) electrons. The van der Waals surface area contributed by atoms with Gasteiger partial charge >= 0.3 is 6.18 Å². The molecule has 2 aromatic rings. The largest absolute Gasteiger partial charge is 0.478 e. The van der Waals surface area contributed by atoms with Gasteiger partial charge in [-0.25, -0.2) is 13.8 Å². The average molecular weight is 605 g/mol. The number of pyridine rings is 1. The number of alkyl halides is 5. The van der Waals surface area contributed by atoms with Crippen molar-refractivity contribution in [2.24, 2.45) is 0 Å². The Morgan fingerprint density at radius 2 is 1.80 bits per heavy atom. The van der Waals surface area contributed by atoms with E-state index in [-0.39, 0.29) is 34.5 Å². The number of nitrogens with one attached hydrogen (secondary N) is 2. The summed E-state index contributed by atoms with van der Waals surface area (Å²) in [7, 11) is 0. The molecular weight excluding hydrogens is 575 g/mol. The quantitative estimate of drug-likeness (QED) is 0.356.